The molecule has 1 fully saturated rings. The number of hydrogen-bond donors (Lipinski definition) is 0. The van der Waals surface area contributed by atoms with E-state index in [0.717, 1.165) is 15.9 Å². The van der Waals surface area contributed by atoms with E-state index in [-0.39, 0.29) is 5.70 Å². The average Bonchev–Trinajstić information content (AvgIpc) is 2.87. The van der Waals surface area contributed by atoms with Crippen LogP contribution in [0, 0.1) is 0 Å². The van der Waals surface area contributed by atoms with Crippen molar-refractivity contribution in [1.29, 1.82) is 0 Å². The topological polar surface area (TPSA) is 66.9 Å². The Bertz CT molecular complexity index is 908. The number of carbonyl (C=O) groups is 3. The number of rotatable bonds is 3. The molecule has 1 heterocycles. The smallest absolute Gasteiger partial charge is 0.340 e. The molecule has 1 saturated heterocycles. The summed E-state index contributed by atoms with van der Waals surface area (Å²) in [5.41, 5.74) is 0.593. The molecule has 0 aliphatic carbocycles. The summed E-state index contributed by atoms with van der Waals surface area (Å²) < 4.78 is 4.59. The van der Waals surface area contributed by atoms with E-state index in [1.807, 2.05) is 0 Å². The fraction of sp³-hybridized carbons (Fsp3) is 0.0556. The first-order valence-corrected chi connectivity index (χ1v) is 8.17. The molecule has 3 rings (SSSR count). The highest BCUT2D eigenvalue weighted by molar-refractivity contribution is 6.35. The maximum Gasteiger partial charge on any atom is 0.340 e. The highest BCUT2D eigenvalue weighted by Gasteiger charge is 2.43. The van der Waals surface area contributed by atoms with Crippen molar-refractivity contribution in [1.82, 2.24) is 0 Å². The summed E-state index contributed by atoms with van der Waals surface area (Å²) in [5, 5.41) is 0.938. The average molecular weight is 391 g/mol. The van der Waals surface area contributed by atoms with Crippen LogP contribution in [0.2, 0.25) is 10.0 Å². The summed E-state index contributed by atoms with van der Waals surface area (Å²) in [7, 11) is 1.18. The minimum absolute atomic E-state index is 0.126. The Morgan fingerprint density at radius 1 is 0.885 bits per heavy atom. The fourth-order valence-corrected chi connectivity index (χ4v) is 2.71. The van der Waals surface area contributed by atoms with Crippen molar-refractivity contribution in [2.24, 2.45) is 0 Å². The Morgan fingerprint density at radius 3 is 1.81 bits per heavy atom. The lowest BCUT2D eigenvalue weighted by atomic mass is 10.2. The first kappa shape index (κ1) is 18.0. The first-order valence-electron chi connectivity index (χ1n) is 7.41. The zero-order chi connectivity index (χ0) is 18.8. The second kappa shape index (κ2) is 7.19. The number of anilines is 2. The Kier molecular flexibility index (Phi) is 4.97. The molecule has 1 aliphatic heterocycles. The number of nitrogens with zero attached hydrogens (tertiary/aromatic N) is 2. The highest BCUT2D eigenvalue weighted by Crippen LogP contribution is 2.33. The molecule has 0 radical (unpaired) electrons. The van der Waals surface area contributed by atoms with Gasteiger partial charge in [0, 0.05) is 10.0 Å². The molecule has 0 unspecified atom stereocenters. The van der Waals surface area contributed by atoms with Gasteiger partial charge in [-0.1, -0.05) is 23.2 Å². The fourth-order valence-electron chi connectivity index (χ4n) is 2.45. The second-order valence-electron chi connectivity index (χ2n) is 5.26. The zero-order valence-electron chi connectivity index (χ0n) is 13.5. The maximum atomic E-state index is 12.9. The quantitative estimate of drug-likeness (QED) is 0.450. The molecular formula is C18H12Cl2N2O4. The number of urea groups is 1. The Labute approximate surface area is 159 Å². The van der Waals surface area contributed by atoms with Crippen molar-refractivity contribution in [2.75, 3.05) is 16.9 Å². The molecule has 1 aliphatic rings. The molecule has 0 N–H and O–H groups in total. The standard InChI is InChI=1S/C18H12Cl2N2O4/c1-26-16(23)10-15-17(24)22(14-8-4-12(20)5-9-14)18(25)21(15)13-6-2-11(19)3-7-13/h2-10H,1H3/b15-10+. The Hall–Kier alpha value is -2.83. The summed E-state index contributed by atoms with van der Waals surface area (Å²) in [5.74, 6) is -1.41. The van der Waals surface area contributed by atoms with Gasteiger partial charge in [-0.3, -0.25) is 9.69 Å². The van der Waals surface area contributed by atoms with Gasteiger partial charge < -0.3 is 4.74 Å². The van der Waals surface area contributed by atoms with Crippen LogP contribution in [0.25, 0.3) is 0 Å². The van der Waals surface area contributed by atoms with Crippen molar-refractivity contribution in [2.45, 2.75) is 0 Å². The number of esters is 1. The lowest BCUT2D eigenvalue weighted by molar-refractivity contribution is -0.135. The zero-order valence-corrected chi connectivity index (χ0v) is 15.0. The predicted octanol–water partition coefficient (Wildman–Crippen LogP) is 4.02. The molecular weight excluding hydrogens is 379 g/mol. The number of carbonyl (C=O) groups excluding carboxylic acids is 3. The minimum Gasteiger partial charge on any atom is -0.466 e. The third-order valence-electron chi connectivity index (χ3n) is 3.67. The molecule has 0 spiro atoms. The molecule has 2 aromatic carbocycles. The van der Waals surface area contributed by atoms with Gasteiger partial charge in [0.05, 0.1) is 24.6 Å². The number of hydrogen-bond acceptors (Lipinski definition) is 4. The van der Waals surface area contributed by atoms with E-state index in [2.05, 4.69) is 4.74 Å². The molecule has 132 valence electrons. The van der Waals surface area contributed by atoms with Gasteiger partial charge in [0.2, 0.25) is 0 Å². The third kappa shape index (κ3) is 3.29. The molecule has 0 aromatic heterocycles. The normalized spacial score (nSPS) is 15.7. The van der Waals surface area contributed by atoms with Crippen LogP contribution in [-0.4, -0.2) is 25.0 Å². The number of imide groups is 1. The van der Waals surface area contributed by atoms with Crippen LogP contribution in [0.5, 0.6) is 0 Å². The summed E-state index contributed by atoms with van der Waals surface area (Å²) in [6, 6.07) is 11.9. The molecule has 0 atom stereocenters. The van der Waals surface area contributed by atoms with Crippen LogP contribution in [-0.2, 0) is 14.3 Å². The Morgan fingerprint density at radius 2 is 1.35 bits per heavy atom. The van der Waals surface area contributed by atoms with Crippen molar-refractivity contribution >= 4 is 52.5 Å². The van der Waals surface area contributed by atoms with Crippen LogP contribution in [0.4, 0.5) is 16.2 Å². The number of amides is 3. The van der Waals surface area contributed by atoms with Crippen LogP contribution < -0.4 is 9.80 Å². The van der Waals surface area contributed by atoms with Gasteiger partial charge in [0.25, 0.3) is 5.91 Å². The summed E-state index contributed by atoms with van der Waals surface area (Å²) in [6.07, 6.45) is 0.977. The van der Waals surface area contributed by atoms with Crippen LogP contribution >= 0.6 is 23.2 Å². The maximum absolute atomic E-state index is 12.9. The van der Waals surface area contributed by atoms with E-state index in [1.165, 1.54) is 7.11 Å². The first-order chi connectivity index (χ1) is 12.4. The highest BCUT2D eigenvalue weighted by atomic mass is 35.5. The molecule has 0 bridgehead atoms. The largest absolute Gasteiger partial charge is 0.466 e. The van der Waals surface area contributed by atoms with Crippen LogP contribution in [0.1, 0.15) is 0 Å². The van der Waals surface area contributed by atoms with Gasteiger partial charge in [0.1, 0.15) is 5.70 Å². The molecule has 26 heavy (non-hydrogen) atoms. The molecule has 8 heteroatoms. The predicted molar refractivity (Wildman–Crippen MR) is 98.4 cm³/mol. The molecule has 6 nitrogen and oxygen atoms in total. The lowest BCUT2D eigenvalue weighted by Crippen LogP contribution is -2.32. The molecule has 2 aromatic rings. The van der Waals surface area contributed by atoms with Gasteiger partial charge in [0.15, 0.2) is 0 Å². The van der Waals surface area contributed by atoms with Gasteiger partial charge in [-0.25, -0.2) is 14.5 Å². The lowest BCUT2D eigenvalue weighted by Gasteiger charge is -2.17. The van der Waals surface area contributed by atoms with Gasteiger partial charge in [-0.05, 0) is 48.5 Å². The van der Waals surface area contributed by atoms with Crippen molar-refractivity contribution in [3.63, 3.8) is 0 Å². The Balaban J connectivity index is 2.10. The summed E-state index contributed by atoms with van der Waals surface area (Å²) in [4.78, 5) is 39.6. The van der Waals surface area contributed by atoms with Crippen molar-refractivity contribution < 1.29 is 19.1 Å². The number of benzene rings is 2. The number of methoxy groups -OCH3 is 1. The second-order valence-corrected chi connectivity index (χ2v) is 6.14. The third-order valence-corrected chi connectivity index (χ3v) is 4.18. The van der Waals surface area contributed by atoms with E-state index in [0.29, 0.717) is 21.4 Å². The van der Waals surface area contributed by atoms with E-state index in [9.17, 15) is 14.4 Å². The van der Waals surface area contributed by atoms with Crippen LogP contribution in [0.3, 0.4) is 0 Å². The number of halogens is 2. The monoisotopic (exact) mass is 390 g/mol. The van der Waals surface area contributed by atoms with Gasteiger partial charge in [-0.15, -0.1) is 0 Å². The van der Waals surface area contributed by atoms with Gasteiger partial charge >= 0.3 is 12.0 Å². The van der Waals surface area contributed by atoms with E-state index in [1.54, 1.807) is 48.5 Å². The van der Waals surface area contributed by atoms with Crippen molar-refractivity contribution in [3.8, 4) is 0 Å². The minimum atomic E-state index is -0.752. The van der Waals surface area contributed by atoms with Crippen molar-refractivity contribution in [3.05, 3.63) is 70.3 Å². The molecule has 0 saturated carbocycles. The summed E-state index contributed by atoms with van der Waals surface area (Å²) >= 11 is 11.7. The van der Waals surface area contributed by atoms with E-state index >= 15 is 0 Å². The van der Waals surface area contributed by atoms with Crippen LogP contribution in [0.15, 0.2) is 60.3 Å². The van der Waals surface area contributed by atoms with E-state index in [4.69, 9.17) is 23.2 Å². The SMILES string of the molecule is COC(=O)/C=C1\C(=O)N(c2ccc(Cl)cc2)C(=O)N1c1ccc(Cl)cc1. The summed E-state index contributed by atoms with van der Waals surface area (Å²) in [6.45, 7) is 0. The number of ether oxygens (including phenoxy) is 1. The van der Waals surface area contributed by atoms with E-state index < -0.39 is 17.9 Å². The van der Waals surface area contributed by atoms with Gasteiger partial charge in [-0.2, -0.15) is 0 Å². The molecule has 3 amide bonds.